The number of hydrogen-bond acceptors (Lipinski definition) is 6. The van der Waals surface area contributed by atoms with Gasteiger partial charge in [0.2, 0.25) is 0 Å². The number of hydrazine groups is 1. The number of aryl methyl sites for hydroxylation is 1. The minimum absolute atomic E-state index is 0.0670. The number of allylic oxidation sites excluding steroid dienone is 4. The van der Waals surface area contributed by atoms with Crippen molar-refractivity contribution in [2.45, 2.75) is 38.4 Å². The number of nitrogens with zero attached hydrogens (tertiary/aromatic N) is 4. The summed E-state index contributed by atoms with van der Waals surface area (Å²) in [4.78, 5) is 18.5. The zero-order valence-corrected chi connectivity index (χ0v) is 24.7. The van der Waals surface area contributed by atoms with Crippen LogP contribution in [-0.2, 0) is 11.0 Å². The van der Waals surface area contributed by atoms with Crippen molar-refractivity contribution in [3.8, 4) is 17.2 Å². The Morgan fingerprint density at radius 3 is 2.70 bits per heavy atom. The molecule has 1 aromatic carbocycles. The highest BCUT2D eigenvalue weighted by molar-refractivity contribution is 7.84. The highest BCUT2D eigenvalue weighted by Gasteiger charge is 2.50. The fourth-order valence-corrected chi connectivity index (χ4v) is 6.24. The van der Waals surface area contributed by atoms with E-state index in [1.54, 1.807) is 18.0 Å². The Morgan fingerprint density at radius 2 is 2.02 bits per heavy atom. The molecule has 0 bridgehead atoms. The summed E-state index contributed by atoms with van der Waals surface area (Å²) in [6, 6.07) is 6.59. The van der Waals surface area contributed by atoms with Crippen molar-refractivity contribution in [2.24, 2.45) is 5.92 Å². The van der Waals surface area contributed by atoms with Gasteiger partial charge in [-0.2, -0.15) is 18.4 Å². The van der Waals surface area contributed by atoms with E-state index in [2.05, 4.69) is 16.9 Å². The maximum atomic E-state index is 14.9. The van der Waals surface area contributed by atoms with Gasteiger partial charge in [-0.25, -0.2) is 18.8 Å². The van der Waals surface area contributed by atoms with Gasteiger partial charge in [0.05, 0.1) is 29.1 Å². The lowest BCUT2D eigenvalue weighted by Gasteiger charge is -2.48. The van der Waals surface area contributed by atoms with Gasteiger partial charge in [-0.15, -0.1) is 12.6 Å². The molecule has 6 nitrogen and oxygen atoms in total. The average molecular weight is 626 g/mol. The Bertz CT molecular complexity index is 1720. The molecule has 2 aromatic rings. The van der Waals surface area contributed by atoms with Crippen LogP contribution in [-0.4, -0.2) is 39.5 Å². The Balaban J connectivity index is 1.54. The molecule has 228 valence electrons. The summed E-state index contributed by atoms with van der Waals surface area (Å²) >= 11 is 4.76. The van der Waals surface area contributed by atoms with Crippen LogP contribution < -0.4 is 5.32 Å². The van der Waals surface area contributed by atoms with Crippen LogP contribution in [0.3, 0.4) is 0 Å². The maximum absolute atomic E-state index is 14.9. The first kappa shape index (κ1) is 31.2. The molecule has 1 saturated heterocycles. The van der Waals surface area contributed by atoms with Gasteiger partial charge in [-0.1, -0.05) is 24.8 Å². The second-order valence-corrected chi connectivity index (χ2v) is 11.5. The van der Waals surface area contributed by atoms with Gasteiger partial charge in [0.1, 0.15) is 17.6 Å². The molecule has 12 heteroatoms. The number of rotatable bonds is 6. The summed E-state index contributed by atoms with van der Waals surface area (Å²) < 4.78 is 70.3. The maximum Gasteiger partial charge on any atom is 0.416 e. The highest BCUT2D eigenvalue weighted by atomic mass is 32.1. The van der Waals surface area contributed by atoms with Crippen LogP contribution in [0.5, 0.6) is 0 Å². The van der Waals surface area contributed by atoms with Crippen LogP contribution in [0.25, 0.3) is 11.1 Å². The molecular weight excluding hydrogens is 597 g/mol. The Hall–Kier alpha value is -4.21. The molecule has 5 rings (SSSR count). The molecule has 0 radical (unpaired) electrons. The van der Waals surface area contributed by atoms with E-state index in [4.69, 9.17) is 12.6 Å². The third-order valence-electron chi connectivity index (χ3n) is 8.14. The van der Waals surface area contributed by atoms with E-state index in [1.807, 2.05) is 13.0 Å². The van der Waals surface area contributed by atoms with Gasteiger partial charge in [0.15, 0.2) is 5.83 Å². The standard InChI is InChI=1S/C32H28F5N5OS/c1-18-13-21(16-39-26(18)15-38)23-14-22(32(35,36)37)9-10-25(23)40-19(2)27-29(44)31(3)11-6-12-42(31)41(30(27)43)17-20-7-4-5-8-24(33)28(20)34/h4-5,7-10,13-14,16,20,40,44H,2,6,11-12,17H2,1,3H3. The number of alkyl halides is 3. The quantitative estimate of drug-likeness (QED) is 0.256. The molecule has 44 heavy (non-hydrogen) atoms. The van der Waals surface area contributed by atoms with Crippen LogP contribution >= 0.6 is 12.6 Å². The average Bonchev–Trinajstić information content (AvgIpc) is 3.30. The predicted molar refractivity (Wildman–Crippen MR) is 160 cm³/mol. The first-order chi connectivity index (χ1) is 20.8. The lowest BCUT2D eigenvalue weighted by Crippen LogP contribution is -2.60. The normalized spacial score (nSPS) is 22.3. The van der Waals surface area contributed by atoms with Crippen LogP contribution in [0.15, 0.2) is 89.2 Å². The molecule has 0 spiro atoms. The van der Waals surface area contributed by atoms with Crippen LogP contribution in [0.2, 0.25) is 0 Å². The Morgan fingerprint density at radius 1 is 1.27 bits per heavy atom. The Labute approximate surface area is 256 Å². The van der Waals surface area contributed by atoms with Gasteiger partial charge in [-0.05, 0) is 62.6 Å². The zero-order chi connectivity index (χ0) is 32.0. The second-order valence-electron chi connectivity index (χ2n) is 11.0. The molecule has 1 aromatic heterocycles. The van der Waals surface area contributed by atoms with Crippen molar-refractivity contribution in [2.75, 3.05) is 18.4 Å². The molecule has 3 aliphatic rings. The number of amides is 1. The highest BCUT2D eigenvalue weighted by Crippen LogP contribution is 2.46. The molecule has 2 atom stereocenters. The van der Waals surface area contributed by atoms with E-state index in [9.17, 15) is 32.0 Å². The molecule has 2 unspecified atom stereocenters. The first-order valence-corrected chi connectivity index (χ1v) is 14.2. The van der Waals surface area contributed by atoms with E-state index >= 15 is 0 Å². The number of thiol groups is 1. The molecule has 3 heterocycles. The van der Waals surface area contributed by atoms with Gasteiger partial charge >= 0.3 is 6.18 Å². The van der Waals surface area contributed by atoms with Crippen molar-refractivity contribution < 1.29 is 26.7 Å². The summed E-state index contributed by atoms with van der Waals surface area (Å²) in [6.07, 6.45) is 3.38. The van der Waals surface area contributed by atoms with Crippen LogP contribution in [0, 0.1) is 24.2 Å². The van der Waals surface area contributed by atoms with Gasteiger partial charge < -0.3 is 5.32 Å². The van der Waals surface area contributed by atoms with E-state index < -0.39 is 40.8 Å². The monoisotopic (exact) mass is 625 g/mol. The molecule has 2 aliphatic heterocycles. The fraction of sp³-hybridized carbons (Fsp3) is 0.281. The van der Waals surface area contributed by atoms with E-state index in [0.29, 0.717) is 35.4 Å². The molecule has 1 N–H and O–H groups in total. The van der Waals surface area contributed by atoms with Crippen molar-refractivity contribution in [1.29, 1.82) is 5.26 Å². The number of halogens is 5. The van der Waals surface area contributed by atoms with Crippen molar-refractivity contribution in [1.82, 2.24) is 15.0 Å². The topological polar surface area (TPSA) is 72.3 Å². The second kappa shape index (κ2) is 11.7. The number of aromatic nitrogens is 1. The molecule has 1 fully saturated rings. The van der Waals surface area contributed by atoms with Crippen LogP contribution in [0.1, 0.15) is 36.6 Å². The number of fused-ring (bicyclic) bond motifs is 1. The number of carbonyl (C=O) groups is 1. The number of pyridine rings is 1. The number of benzene rings is 1. The van der Waals surface area contributed by atoms with Gasteiger partial charge in [0.25, 0.3) is 5.91 Å². The minimum Gasteiger partial charge on any atom is -0.355 e. The lowest BCUT2D eigenvalue weighted by atomic mass is 9.91. The third kappa shape index (κ3) is 5.57. The molecular formula is C32H28F5N5OS. The lowest BCUT2D eigenvalue weighted by molar-refractivity contribution is -0.154. The minimum atomic E-state index is -4.63. The third-order valence-corrected chi connectivity index (χ3v) is 8.84. The summed E-state index contributed by atoms with van der Waals surface area (Å²) in [5.74, 6) is -3.62. The van der Waals surface area contributed by atoms with E-state index in [1.165, 1.54) is 35.5 Å². The molecule has 0 saturated carbocycles. The summed E-state index contributed by atoms with van der Waals surface area (Å²) in [5.41, 5.74) is -0.276. The summed E-state index contributed by atoms with van der Waals surface area (Å²) in [5, 5.41) is 15.5. The summed E-state index contributed by atoms with van der Waals surface area (Å²) in [6.45, 7) is 7.87. The Kier molecular flexibility index (Phi) is 8.31. The van der Waals surface area contributed by atoms with Gasteiger partial charge in [-0.3, -0.25) is 9.80 Å². The largest absolute Gasteiger partial charge is 0.416 e. The van der Waals surface area contributed by atoms with Crippen molar-refractivity contribution in [3.63, 3.8) is 0 Å². The van der Waals surface area contributed by atoms with Crippen molar-refractivity contribution in [3.05, 3.63) is 106 Å². The van der Waals surface area contributed by atoms with E-state index in [-0.39, 0.29) is 34.8 Å². The SMILES string of the molecule is C=C(Nc1ccc(C(F)(F)F)cc1-c1cnc(C#N)c(C)c1)C1=C(S)C2(C)CCCN2N(CC2C=CC=CC(F)=C2F)C1=O. The number of hydrogen-bond donors (Lipinski definition) is 2. The first-order valence-electron chi connectivity index (χ1n) is 13.7. The molecule has 1 amide bonds. The number of nitriles is 1. The predicted octanol–water partition coefficient (Wildman–Crippen LogP) is 7.56. The van der Waals surface area contributed by atoms with Crippen LogP contribution in [0.4, 0.5) is 27.6 Å². The number of anilines is 1. The summed E-state index contributed by atoms with van der Waals surface area (Å²) in [7, 11) is 0. The van der Waals surface area contributed by atoms with Crippen molar-refractivity contribution >= 4 is 24.2 Å². The number of carbonyl (C=O) groups excluding carboxylic acids is 1. The van der Waals surface area contributed by atoms with Gasteiger partial charge in [0, 0.05) is 40.2 Å². The van der Waals surface area contributed by atoms with E-state index in [0.717, 1.165) is 18.2 Å². The number of nitrogens with one attached hydrogen (secondary N) is 1. The molecule has 1 aliphatic carbocycles. The smallest absolute Gasteiger partial charge is 0.355 e. The zero-order valence-electron chi connectivity index (χ0n) is 23.8. The fourth-order valence-electron chi connectivity index (χ4n) is 5.78.